The van der Waals surface area contributed by atoms with Gasteiger partial charge in [-0.15, -0.1) is 0 Å². The fourth-order valence-corrected chi connectivity index (χ4v) is 4.59. The summed E-state index contributed by atoms with van der Waals surface area (Å²) in [6.07, 6.45) is 1.05. The molecule has 4 rings (SSSR count). The molecular formula is C26H27N3O4. The zero-order valence-electron chi connectivity index (χ0n) is 18.9. The van der Waals surface area contributed by atoms with Crippen LogP contribution in [0.3, 0.4) is 0 Å². The van der Waals surface area contributed by atoms with Crippen LogP contribution in [-0.4, -0.2) is 40.5 Å². The number of amides is 3. The van der Waals surface area contributed by atoms with Crippen molar-refractivity contribution < 1.29 is 19.5 Å². The number of benzene rings is 3. The summed E-state index contributed by atoms with van der Waals surface area (Å²) in [5.41, 5.74) is 4.33. The van der Waals surface area contributed by atoms with E-state index in [-0.39, 0.29) is 5.56 Å². The van der Waals surface area contributed by atoms with Gasteiger partial charge < -0.3 is 20.6 Å². The van der Waals surface area contributed by atoms with E-state index in [1.54, 1.807) is 12.1 Å². The zero-order valence-corrected chi connectivity index (χ0v) is 18.9. The molecule has 1 atom stereocenters. The number of anilines is 2. The fourth-order valence-electron chi connectivity index (χ4n) is 4.59. The van der Waals surface area contributed by atoms with Gasteiger partial charge in [-0.3, -0.25) is 4.79 Å². The maximum Gasteiger partial charge on any atom is 0.326 e. The third-order valence-electron chi connectivity index (χ3n) is 6.08. The van der Waals surface area contributed by atoms with E-state index in [4.69, 9.17) is 0 Å². The Labute approximate surface area is 192 Å². The summed E-state index contributed by atoms with van der Waals surface area (Å²) in [5, 5.41) is 16.9. The van der Waals surface area contributed by atoms with Gasteiger partial charge in [0.15, 0.2) is 0 Å². The van der Waals surface area contributed by atoms with Crippen molar-refractivity contribution in [1.29, 1.82) is 0 Å². The van der Waals surface area contributed by atoms with Crippen molar-refractivity contribution >= 4 is 40.1 Å². The molecule has 0 aromatic heterocycles. The van der Waals surface area contributed by atoms with E-state index in [0.717, 1.165) is 33.2 Å². The summed E-state index contributed by atoms with van der Waals surface area (Å²) in [4.78, 5) is 39.4. The number of carboxylic acid groups (broad SMARTS) is 1. The van der Waals surface area contributed by atoms with E-state index in [0.29, 0.717) is 25.1 Å². The zero-order chi connectivity index (χ0) is 23.7. The lowest BCUT2D eigenvalue weighted by Gasteiger charge is -2.23. The van der Waals surface area contributed by atoms with Gasteiger partial charge in [0.05, 0.1) is 11.3 Å². The lowest BCUT2D eigenvalue weighted by atomic mass is 10.0. The lowest BCUT2D eigenvalue weighted by Crippen LogP contribution is -2.40. The van der Waals surface area contributed by atoms with Crippen molar-refractivity contribution in [3.8, 4) is 0 Å². The molecule has 3 amide bonds. The van der Waals surface area contributed by atoms with E-state index in [1.807, 2.05) is 57.2 Å². The van der Waals surface area contributed by atoms with E-state index in [9.17, 15) is 19.5 Å². The number of hydrogen-bond acceptors (Lipinski definition) is 3. The molecule has 0 saturated carbocycles. The molecule has 1 aliphatic heterocycles. The maximum absolute atomic E-state index is 13.4. The smallest absolute Gasteiger partial charge is 0.326 e. The normalized spacial score (nSPS) is 15.5. The summed E-state index contributed by atoms with van der Waals surface area (Å²) in [5.74, 6) is -1.41. The number of hydrogen-bond donors (Lipinski definition) is 3. The van der Waals surface area contributed by atoms with Crippen molar-refractivity contribution in [3.05, 3.63) is 70.8 Å². The van der Waals surface area contributed by atoms with Crippen molar-refractivity contribution in [1.82, 2.24) is 4.90 Å². The third-order valence-corrected chi connectivity index (χ3v) is 6.08. The lowest BCUT2D eigenvalue weighted by molar-refractivity contribution is -0.141. The molecule has 1 aliphatic rings. The predicted octanol–water partition coefficient (Wildman–Crippen LogP) is 5.10. The van der Waals surface area contributed by atoms with Crippen LogP contribution in [0, 0.1) is 20.8 Å². The molecule has 0 radical (unpaired) electrons. The molecule has 0 spiro atoms. The summed E-state index contributed by atoms with van der Waals surface area (Å²) >= 11 is 0. The number of nitrogens with zero attached hydrogens (tertiary/aromatic N) is 1. The number of carbonyl (C=O) groups excluding carboxylic acids is 2. The minimum Gasteiger partial charge on any atom is -0.480 e. The van der Waals surface area contributed by atoms with Crippen molar-refractivity contribution in [2.75, 3.05) is 17.2 Å². The molecule has 7 heteroatoms. The monoisotopic (exact) mass is 445 g/mol. The highest BCUT2D eigenvalue weighted by Gasteiger charge is 2.35. The molecule has 33 heavy (non-hydrogen) atoms. The number of carboxylic acids is 1. The Morgan fingerprint density at radius 2 is 1.58 bits per heavy atom. The van der Waals surface area contributed by atoms with Crippen molar-refractivity contribution in [3.63, 3.8) is 0 Å². The first-order valence-corrected chi connectivity index (χ1v) is 11.0. The van der Waals surface area contributed by atoms with Gasteiger partial charge in [-0.05, 0) is 67.6 Å². The molecule has 1 heterocycles. The third kappa shape index (κ3) is 4.53. The number of rotatable bonds is 4. The van der Waals surface area contributed by atoms with Crippen LogP contribution in [0.4, 0.5) is 16.2 Å². The number of urea groups is 1. The van der Waals surface area contributed by atoms with Gasteiger partial charge in [0.25, 0.3) is 5.91 Å². The van der Waals surface area contributed by atoms with Crippen LogP contribution >= 0.6 is 0 Å². The summed E-state index contributed by atoms with van der Waals surface area (Å²) in [7, 11) is 0. The van der Waals surface area contributed by atoms with Crippen LogP contribution in [0.15, 0.2) is 48.5 Å². The Bertz CT molecular complexity index is 1240. The summed E-state index contributed by atoms with van der Waals surface area (Å²) < 4.78 is 0. The molecular weight excluding hydrogens is 418 g/mol. The van der Waals surface area contributed by atoms with Gasteiger partial charge >= 0.3 is 12.0 Å². The Kier molecular flexibility index (Phi) is 6.05. The topological polar surface area (TPSA) is 98.7 Å². The van der Waals surface area contributed by atoms with Crippen LogP contribution in [-0.2, 0) is 4.79 Å². The van der Waals surface area contributed by atoms with Crippen LogP contribution in [0.2, 0.25) is 0 Å². The quantitative estimate of drug-likeness (QED) is 0.520. The van der Waals surface area contributed by atoms with Gasteiger partial charge in [0.2, 0.25) is 0 Å². The highest BCUT2D eigenvalue weighted by atomic mass is 16.4. The van der Waals surface area contributed by atoms with E-state index >= 15 is 0 Å². The molecule has 0 aliphatic carbocycles. The molecule has 1 fully saturated rings. The Hall–Kier alpha value is -3.87. The van der Waals surface area contributed by atoms with Crippen molar-refractivity contribution in [2.45, 2.75) is 39.7 Å². The van der Waals surface area contributed by atoms with E-state index in [2.05, 4.69) is 10.6 Å². The average molecular weight is 446 g/mol. The number of fused-ring (bicyclic) bond motifs is 1. The average Bonchev–Trinajstić information content (AvgIpc) is 3.25. The van der Waals surface area contributed by atoms with Crippen molar-refractivity contribution in [2.24, 2.45) is 0 Å². The Morgan fingerprint density at radius 1 is 0.939 bits per heavy atom. The highest BCUT2D eigenvalue weighted by molar-refractivity contribution is 6.10. The highest BCUT2D eigenvalue weighted by Crippen LogP contribution is 2.29. The van der Waals surface area contributed by atoms with Gasteiger partial charge in [-0.1, -0.05) is 42.0 Å². The largest absolute Gasteiger partial charge is 0.480 e. The van der Waals surface area contributed by atoms with Gasteiger partial charge in [0, 0.05) is 12.2 Å². The standard InChI is InChI=1S/C26H27N3O4/c1-15-11-16(2)23(17(3)12-15)28-26(33)27-21-14-19-8-5-4-7-18(19)13-20(21)24(30)29-10-6-9-22(29)25(31)32/h4-5,7-8,11-14,22H,6,9-10H2,1-3H3,(H,31,32)(H2,27,28,33)/t22-/m1/s1. The number of nitrogens with one attached hydrogen (secondary N) is 2. The molecule has 3 N–H and O–H groups in total. The molecule has 3 aromatic carbocycles. The molecule has 1 saturated heterocycles. The van der Waals surface area contributed by atoms with Crippen LogP contribution in [0.25, 0.3) is 10.8 Å². The second-order valence-electron chi connectivity index (χ2n) is 8.59. The molecule has 0 unspecified atom stereocenters. The Morgan fingerprint density at radius 3 is 2.21 bits per heavy atom. The van der Waals surface area contributed by atoms with E-state index < -0.39 is 23.9 Å². The first kappa shape index (κ1) is 22.3. The molecule has 3 aromatic rings. The van der Waals surface area contributed by atoms with Gasteiger partial charge in [0.1, 0.15) is 6.04 Å². The SMILES string of the molecule is Cc1cc(C)c(NC(=O)Nc2cc3ccccc3cc2C(=O)N2CCC[C@@H]2C(=O)O)c(C)c1. The minimum atomic E-state index is -1.01. The minimum absolute atomic E-state index is 0.273. The second kappa shape index (κ2) is 8.94. The van der Waals surface area contributed by atoms with Crippen LogP contribution in [0.1, 0.15) is 39.9 Å². The molecule has 7 nitrogen and oxygen atoms in total. The van der Waals surface area contributed by atoms with Gasteiger partial charge in [-0.25, -0.2) is 9.59 Å². The van der Waals surface area contributed by atoms with E-state index in [1.165, 1.54) is 4.90 Å². The van der Waals surface area contributed by atoms with Gasteiger partial charge in [-0.2, -0.15) is 0 Å². The maximum atomic E-state index is 13.4. The Balaban J connectivity index is 1.68. The second-order valence-corrected chi connectivity index (χ2v) is 8.59. The number of likely N-dealkylation sites (tertiary alicyclic amines) is 1. The fraction of sp³-hybridized carbons (Fsp3) is 0.269. The summed E-state index contributed by atoms with van der Waals surface area (Å²) in [6, 6.07) is 13.7. The predicted molar refractivity (Wildman–Crippen MR) is 129 cm³/mol. The molecule has 0 bridgehead atoms. The number of aliphatic carboxylic acids is 1. The number of aryl methyl sites for hydroxylation is 3. The molecule has 170 valence electrons. The van der Waals surface area contributed by atoms with Crippen LogP contribution in [0.5, 0.6) is 0 Å². The first-order chi connectivity index (χ1) is 15.7. The summed E-state index contributed by atoms with van der Waals surface area (Å²) in [6.45, 7) is 6.23. The number of carbonyl (C=O) groups is 3. The first-order valence-electron chi connectivity index (χ1n) is 11.0. The van der Waals surface area contributed by atoms with Crippen LogP contribution < -0.4 is 10.6 Å².